The first-order valence-corrected chi connectivity index (χ1v) is 11.0. The highest BCUT2D eigenvalue weighted by molar-refractivity contribution is 7.92. The molecule has 0 unspecified atom stereocenters. The average Bonchev–Trinajstić information content (AvgIpc) is 2.68. The van der Waals surface area contributed by atoms with Crippen molar-refractivity contribution in [1.29, 1.82) is 0 Å². The molecule has 5 nitrogen and oxygen atoms in total. The highest BCUT2D eigenvalue weighted by Crippen LogP contribution is 2.25. The summed E-state index contributed by atoms with van der Waals surface area (Å²) in [5.41, 5.74) is 1.31. The maximum absolute atomic E-state index is 12.9. The Morgan fingerprint density at radius 3 is 2.07 bits per heavy atom. The van der Waals surface area contributed by atoms with Crippen LogP contribution in [0.5, 0.6) is 0 Å². The van der Waals surface area contributed by atoms with E-state index in [0.717, 1.165) is 0 Å². The predicted octanol–water partition coefficient (Wildman–Crippen LogP) is 5.46. The first-order valence-electron chi connectivity index (χ1n) is 8.76. The number of carbonyl (C=O) groups is 1. The number of amides is 1. The first kappa shape index (κ1) is 21.2. The van der Waals surface area contributed by atoms with Crippen LogP contribution in [0.4, 0.5) is 11.4 Å². The van der Waals surface area contributed by atoms with Gasteiger partial charge in [0.15, 0.2) is 0 Å². The predicted molar refractivity (Wildman–Crippen MR) is 118 cm³/mol. The molecule has 3 aromatic carbocycles. The summed E-state index contributed by atoms with van der Waals surface area (Å²) in [5.74, 6) is -0.358. The fourth-order valence-electron chi connectivity index (χ4n) is 2.82. The molecule has 0 radical (unpaired) electrons. The van der Waals surface area contributed by atoms with Crippen molar-refractivity contribution < 1.29 is 13.2 Å². The minimum Gasteiger partial charge on any atom is -0.322 e. The van der Waals surface area contributed by atoms with Gasteiger partial charge in [-0.05, 0) is 61.5 Å². The summed E-state index contributed by atoms with van der Waals surface area (Å²) >= 11 is 11.9. The number of anilines is 2. The lowest BCUT2D eigenvalue weighted by molar-refractivity contribution is 0.102. The van der Waals surface area contributed by atoms with Crippen molar-refractivity contribution in [3.63, 3.8) is 0 Å². The summed E-state index contributed by atoms with van der Waals surface area (Å²) in [4.78, 5) is 12.7. The van der Waals surface area contributed by atoms with Crippen LogP contribution in [0.3, 0.4) is 0 Å². The van der Waals surface area contributed by atoms with Crippen LogP contribution in [0.1, 0.15) is 17.3 Å². The summed E-state index contributed by atoms with van der Waals surface area (Å²) < 4.78 is 27.1. The number of benzene rings is 3. The third kappa shape index (κ3) is 4.90. The van der Waals surface area contributed by atoms with E-state index in [4.69, 9.17) is 23.2 Å². The molecule has 0 heterocycles. The number of hydrogen-bond acceptors (Lipinski definition) is 3. The molecule has 150 valence electrons. The molecule has 8 heteroatoms. The zero-order chi connectivity index (χ0) is 21.0. The molecule has 0 atom stereocenters. The molecule has 1 N–H and O–H groups in total. The van der Waals surface area contributed by atoms with Gasteiger partial charge in [-0.25, -0.2) is 8.42 Å². The molecule has 0 aromatic heterocycles. The Labute approximate surface area is 179 Å². The molecule has 0 aliphatic carbocycles. The summed E-state index contributed by atoms with van der Waals surface area (Å²) in [5, 5.41) is 3.54. The molecular formula is C21H18Cl2N2O3S. The van der Waals surface area contributed by atoms with Gasteiger partial charge in [0.05, 0.1) is 10.6 Å². The second kappa shape index (κ2) is 8.86. The molecule has 0 saturated heterocycles. The highest BCUT2D eigenvalue weighted by Gasteiger charge is 2.23. The minimum atomic E-state index is -3.69. The topological polar surface area (TPSA) is 66.5 Å². The highest BCUT2D eigenvalue weighted by atomic mass is 35.5. The SMILES string of the molecule is CCN(c1ccc(C(=O)Nc2cc(Cl)cc(Cl)c2)cc1)S(=O)(=O)c1ccccc1. The molecule has 0 spiro atoms. The average molecular weight is 449 g/mol. The Morgan fingerprint density at radius 1 is 0.931 bits per heavy atom. The van der Waals surface area contributed by atoms with Gasteiger partial charge in [-0.3, -0.25) is 9.10 Å². The number of carbonyl (C=O) groups excluding carboxylic acids is 1. The van der Waals surface area contributed by atoms with Crippen LogP contribution in [0.15, 0.2) is 77.7 Å². The van der Waals surface area contributed by atoms with E-state index in [-0.39, 0.29) is 17.3 Å². The van der Waals surface area contributed by atoms with Gasteiger partial charge < -0.3 is 5.32 Å². The third-order valence-corrected chi connectivity index (χ3v) is 6.51. The van der Waals surface area contributed by atoms with Crippen molar-refractivity contribution in [2.24, 2.45) is 0 Å². The van der Waals surface area contributed by atoms with Gasteiger partial charge in [0, 0.05) is 27.8 Å². The maximum atomic E-state index is 12.9. The standard InChI is InChI=1S/C21H18Cl2N2O3S/c1-2-25(29(27,28)20-6-4-3-5-7-20)19-10-8-15(9-11-19)21(26)24-18-13-16(22)12-17(23)14-18/h3-14H,2H2,1H3,(H,24,26). The van der Waals surface area contributed by atoms with Crippen LogP contribution in [-0.4, -0.2) is 20.9 Å². The normalized spacial score (nSPS) is 11.1. The number of halogens is 2. The van der Waals surface area contributed by atoms with Crippen molar-refractivity contribution in [2.45, 2.75) is 11.8 Å². The lowest BCUT2D eigenvalue weighted by Crippen LogP contribution is -2.30. The minimum absolute atomic E-state index is 0.210. The molecule has 0 saturated carbocycles. The van der Waals surface area contributed by atoms with Crippen LogP contribution in [0.25, 0.3) is 0 Å². The van der Waals surface area contributed by atoms with Gasteiger partial charge in [0.1, 0.15) is 0 Å². The molecule has 0 fully saturated rings. The third-order valence-electron chi connectivity index (χ3n) is 4.16. The first-order chi connectivity index (χ1) is 13.8. The van der Waals surface area contributed by atoms with E-state index < -0.39 is 10.0 Å². The molecule has 3 aromatic rings. The Bertz CT molecular complexity index is 1100. The lowest BCUT2D eigenvalue weighted by Gasteiger charge is -2.23. The smallest absolute Gasteiger partial charge is 0.264 e. The quantitative estimate of drug-likeness (QED) is 0.544. The molecule has 0 bridgehead atoms. The molecule has 1 amide bonds. The summed E-state index contributed by atoms with van der Waals surface area (Å²) in [6.07, 6.45) is 0. The van der Waals surface area contributed by atoms with Gasteiger partial charge in [0.2, 0.25) is 0 Å². The maximum Gasteiger partial charge on any atom is 0.264 e. The van der Waals surface area contributed by atoms with Crippen molar-refractivity contribution in [1.82, 2.24) is 0 Å². The van der Waals surface area contributed by atoms with Crippen molar-refractivity contribution >= 4 is 50.5 Å². The van der Waals surface area contributed by atoms with Gasteiger partial charge >= 0.3 is 0 Å². The van der Waals surface area contributed by atoms with Crippen molar-refractivity contribution in [3.8, 4) is 0 Å². The zero-order valence-corrected chi connectivity index (χ0v) is 17.8. The van der Waals surface area contributed by atoms with Crippen LogP contribution in [0, 0.1) is 0 Å². The molecule has 29 heavy (non-hydrogen) atoms. The van der Waals surface area contributed by atoms with Gasteiger partial charge in [-0.15, -0.1) is 0 Å². The number of sulfonamides is 1. The van der Waals surface area contributed by atoms with E-state index in [2.05, 4.69) is 5.32 Å². The Kier molecular flexibility index (Phi) is 6.47. The van der Waals surface area contributed by atoms with E-state index in [9.17, 15) is 13.2 Å². The van der Waals surface area contributed by atoms with Gasteiger partial charge in [-0.1, -0.05) is 41.4 Å². The van der Waals surface area contributed by atoms with Gasteiger partial charge in [0.25, 0.3) is 15.9 Å². The lowest BCUT2D eigenvalue weighted by atomic mass is 10.2. The van der Waals surface area contributed by atoms with Crippen LogP contribution < -0.4 is 9.62 Å². The zero-order valence-electron chi connectivity index (χ0n) is 15.5. The molecule has 3 rings (SSSR count). The van der Waals surface area contributed by atoms with E-state index >= 15 is 0 Å². The second-order valence-electron chi connectivity index (χ2n) is 6.14. The van der Waals surface area contributed by atoms with E-state index in [0.29, 0.717) is 27.0 Å². The van der Waals surface area contributed by atoms with E-state index in [1.807, 2.05) is 0 Å². The largest absolute Gasteiger partial charge is 0.322 e. The fourth-order valence-corrected chi connectivity index (χ4v) is 4.84. The van der Waals surface area contributed by atoms with Crippen molar-refractivity contribution in [3.05, 3.63) is 88.4 Å². The van der Waals surface area contributed by atoms with Crippen LogP contribution in [0.2, 0.25) is 10.0 Å². The summed E-state index contributed by atoms with van der Waals surface area (Å²) in [6.45, 7) is 2.01. The second-order valence-corrected chi connectivity index (χ2v) is 8.88. The Balaban J connectivity index is 1.82. The fraction of sp³-hybridized carbons (Fsp3) is 0.0952. The number of nitrogens with one attached hydrogen (secondary N) is 1. The van der Waals surface area contributed by atoms with E-state index in [1.54, 1.807) is 79.7 Å². The monoisotopic (exact) mass is 448 g/mol. The number of nitrogens with zero attached hydrogens (tertiary/aromatic N) is 1. The van der Waals surface area contributed by atoms with E-state index in [1.165, 1.54) is 4.31 Å². The van der Waals surface area contributed by atoms with Crippen molar-refractivity contribution in [2.75, 3.05) is 16.2 Å². The van der Waals surface area contributed by atoms with Gasteiger partial charge in [-0.2, -0.15) is 0 Å². The number of rotatable bonds is 6. The Morgan fingerprint density at radius 2 is 1.52 bits per heavy atom. The summed E-state index contributed by atoms with van der Waals surface area (Å²) in [6, 6.07) is 19.3. The Hall–Kier alpha value is -2.54. The molecule has 0 aliphatic rings. The molecular weight excluding hydrogens is 431 g/mol. The van der Waals surface area contributed by atoms with Crippen LogP contribution in [-0.2, 0) is 10.0 Å². The van der Waals surface area contributed by atoms with Crippen LogP contribution >= 0.6 is 23.2 Å². The summed E-state index contributed by atoms with van der Waals surface area (Å²) in [7, 11) is -3.69. The molecule has 0 aliphatic heterocycles. The number of hydrogen-bond donors (Lipinski definition) is 1.